The van der Waals surface area contributed by atoms with Crippen LogP contribution in [0.4, 0.5) is 0 Å². The van der Waals surface area contributed by atoms with Crippen molar-refractivity contribution in [1.29, 1.82) is 0 Å². The minimum absolute atomic E-state index is 0.0871. The van der Waals surface area contributed by atoms with E-state index in [4.69, 9.17) is 4.74 Å². The number of ether oxygens (including phenoxy) is 1. The first-order valence-electron chi connectivity index (χ1n) is 8.66. The van der Waals surface area contributed by atoms with E-state index < -0.39 is 0 Å². The summed E-state index contributed by atoms with van der Waals surface area (Å²) in [5.74, 6) is 0.729. The molecule has 1 amide bonds. The van der Waals surface area contributed by atoms with Gasteiger partial charge in [0.1, 0.15) is 11.4 Å². The number of hydrogen-bond acceptors (Lipinski definition) is 3. The second kappa shape index (κ2) is 7.83. The number of pyridine rings is 1. The van der Waals surface area contributed by atoms with Crippen molar-refractivity contribution in [3.8, 4) is 5.75 Å². The van der Waals surface area contributed by atoms with E-state index in [1.807, 2.05) is 43.3 Å². The van der Waals surface area contributed by atoms with Gasteiger partial charge in [-0.05, 0) is 43.2 Å². The molecule has 2 aromatic heterocycles. The number of rotatable bonds is 7. The molecule has 0 fully saturated rings. The largest absolute Gasteiger partial charge is 0.493 e. The van der Waals surface area contributed by atoms with Crippen LogP contribution in [0.3, 0.4) is 0 Å². The Bertz CT molecular complexity index is 856. The van der Waals surface area contributed by atoms with Crippen LogP contribution in [-0.2, 0) is 13.1 Å². The summed E-state index contributed by atoms with van der Waals surface area (Å²) in [6.45, 7) is 5.91. The number of nitrogens with zero attached hydrogens (tertiary/aromatic N) is 2. The van der Waals surface area contributed by atoms with E-state index in [2.05, 4.69) is 21.8 Å². The van der Waals surface area contributed by atoms with Crippen LogP contribution in [0.2, 0.25) is 0 Å². The van der Waals surface area contributed by atoms with E-state index >= 15 is 0 Å². The normalized spacial score (nSPS) is 10.8. The highest BCUT2D eigenvalue weighted by molar-refractivity contribution is 6.00. The lowest BCUT2D eigenvalue weighted by Crippen LogP contribution is -2.25. The van der Waals surface area contributed by atoms with Crippen LogP contribution < -0.4 is 10.1 Å². The van der Waals surface area contributed by atoms with Crippen LogP contribution >= 0.6 is 0 Å². The summed E-state index contributed by atoms with van der Waals surface area (Å²) >= 11 is 0. The Morgan fingerprint density at radius 2 is 2.12 bits per heavy atom. The van der Waals surface area contributed by atoms with Crippen molar-refractivity contribution < 1.29 is 9.53 Å². The third kappa shape index (κ3) is 3.65. The summed E-state index contributed by atoms with van der Waals surface area (Å²) in [7, 11) is 0. The SMILES string of the molecule is CCCn1c(C(=O)NCc2cccnc2)cc2c(OCC)cccc21. The number of nitrogens with one attached hydrogen (secondary N) is 1. The highest BCUT2D eigenvalue weighted by atomic mass is 16.5. The molecule has 0 aliphatic carbocycles. The number of amides is 1. The number of carbonyl (C=O) groups is 1. The van der Waals surface area contributed by atoms with Gasteiger partial charge in [0.25, 0.3) is 5.91 Å². The van der Waals surface area contributed by atoms with Crippen molar-refractivity contribution in [1.82, 2.24) is 14.9 Å². The number of carbonyl (C=O) groups excluding carboxylic acids is 1. The Morgan fingerprint density at radius 1 is 1.24 bits per heavy atom. The van der Waals surface area contributed by atoms with Gasteiger partial charge < -0.3 is 14.6 Å². The first-order valence-corrected chi connectivity index (χ1v) is 8.66. The van der Waals surface area contributed by atoms with Gasteiger partial charge in [-0.25, -0.2) is 0 Å². The first kappa shape index (κ1) is 17.0. The molecule has 0 saturated heterocycles. The monoisotopic (exact) mass is 337 g/mol. The van der Waals surface area contributed by atoms with E-state index in [9.17, 15) is 4.79 Å². The predicted octanol–water partition coefficient (Wildman–Crippen LogP) is 3.78. The molecule has 0 aliphatic rings. The lowest BCUT2D eigenvalue weighted by Gasteiger charge is -2.10. The van der Waals surface area contributed by atoms with Crippen molar-refractivity contribution in [3.63, 3.8) is 0 Å². The number of benzene rings is 1. The van der Waals surface area contributed by atoms with Crippen LogP contribution in [0.15, 0.2) is 48.8 Å². The quantitative estimate of drug-likeness (QED) is 0.714. The highest BCUT2D eigenvalue weighted by Crippen LogP contribution is 2.29. The van der Waals surface area contributed by atoms with Gasteiger partial charge in [0.05, 0.1) is 12.1 Å². The third-order valence-electron chi connectivity index (χ3n) is 4.06. The third-order valence-corrected chi connectivity index (χ3v) is 4.06. The van der Waals surface area contributed by atoms with Crippen molar-refractivity contribution in [2.45, 2.75) is 33.4 Å². The van der Waals surface area contributed by atoms with Crippen LogP contribution in [0.1, 0.15) is 36.3 Å². The second-order valence-corrected chi connectivity index (χ2v) is 5.85. The topological polar surface area (TPSA) is 56.2 Å². The zero-order valence-corrected chi connectivity index (χ0v) is 14.7. The average molecular weight is 337 g/mol. The summed E-state index contributed by atoms with van der Waals surface area (Å²) in [6.07, 6.45) is 4.43. The van der Waals surface area contributed by atoms with Gasteiger partial charge in [-0.2, -0.15) is 0 Å². The molecule has 1 aromatic carbocycles. The molecule has 5 nitrogen and oxygen atoms in total. The van der Waals surface area contributed by atoms with E-state index in [1.165, 1.54) is 0 Å². The summed E-state index contributed by atoms with van der Waals surface area (Å²) in [5, 5.41) is 3.96. The second-order valence-electron chi connectivity index (χ2n) is 5.85. The van der Waals surface area contributed by atoms with Gasteiger partial charge >= 0.3 is 0 Å². The average Bonchev–Trinajstić information content (AvgIpc) is 3.01. The van der Waals surface area contributed by atoms with Gasteiger partial charge in [-0.15, -0.1) is 0 Å². The maximum Gasteiger partial charge on any atom is 0.268 e. The molecule has 5 heteroatoms. The fourth-order valence-corrected chi connectivity index (χ4v) is 2.97. The molecule has 0 atom stereocenters. The maximum absolute atomic E-state index is 12.8. The lowest BCUT2D eigenvalue weighted by molar-refractivity contribution is 0.0942. The molecule has 0 radical (unpaired) electrons. The first-order chi connectivity index (χ1) is 12.2. The fraction of sp³-hybridized carbons (Fsp3) is 0.300. The molecule has 1 N–H and O–H groups in total. The minimum atomic E-state index is -0.0871. The molecular weight excluding hydrogens is 314 g/mol. The molecule has 0 spiro atoms. The Labute approximate surface area is 147 Å². The molecule has 0 bridgehead atoms. The summed E-state index contributed by atoms with van der Waals surface area (Å²) < 4.78 is 7.79. The molecule has 3 rings (SSSR count). The van der Waals surface area contributed by atoms with E-state index in [0.717, 1.165) is 35.2 Å². The molecule has 25 heavy (non-hydrogen) atoms. The van der Waals surface area contributed by atoms with Crippen LogP contribution in [0.5, 0.6) is 5.75 Å². The summed E-state index contributed by atoms with van der Waals surface area (Å²) in [5.41, 5.74) is 2.66. The molecule has 0 saturated carbocycles. The number of hydrogen-bond donors (Lipinski definition) is 1. The van der Waals surface area contributed by atoms with Crippen molar-refractivity contribution in [2.24, 2.45) is 0 Å². The Hall–Kier alpha value is -2.82. The van der Waals surface area contributed by atoms with Gasteiger partial charge in [0, 0.05) is 30.9 Å². The molecular formula is C20H23N3O2. The Morgan fingerprint density at radius 3 is 2.84 bits per heavy atom. The zero-order valence-electron chi connectivity index (χ0n) is 14.7. The predicted molar refractivity (Wildman–Crippen MR) is 98.8 cm³/mol. The maximum atomic E-state index is 12.8. The van der Waals surface area contributed by atoms with Gasteiger partial charge in [-0.1, -0.05) is 19.1 Å². The van der Waals surface area contributed by atoms with Gasteiger partial charge in [0.15, 0.2) is 0 Å². The summed E-state index contributed by atoms with van der Waals surface area (Å²) in [6, 6.07) is 11.7. The van der Waals surface area contributed by atoms with Crippen molar-refractivity contribution in [3.05, 3.63) is 60.0 Å². The molecule has 0 aliphatic heterocycles. The number of aromatic nitrogens is 2. The van der Waals surface area contributed by atoms with E-state index in [-0.39, 0.29) is 5.91 Å². The molecule has 3 aromatic rings. The van der Waals surface area contributed by atoms with Crippen molar-refractivity contribution in [2.75, 3.05) is 6.61 Å². The van der Waals surface area contributed by atoms with Crippen LogP contribution in [0, 0.1) is 0 Å². The number of aryl methyl sites for hydroxylation is 1. The zero-order chi connectivity index (χ0) is 17.6. The molecule has 2 heterocycles. The molecule has 0 unspecified atom stereocenters. The van der Waals surface area contributed by atoms with E-state index in [0.29, 0.717) is 18.8 Å². The Balaban J connectivity index is 1.92. The van der Waals surface area contributed by atoms with Crippen LogP contribution in [0.25, 0.3) is 10.9 Å². The van der Waals surface area contributed by atoms with Crippen LogP contribution in [-0.4, -0.2) is 22.1 Å². The summed E-state index contributed by atoms with van der Waals surface area (Å²) in [4.78, 5) is 16.8. The number of fused-ring (bicyclic) bond motifs is 1. The Kier molecular flexibility index (Phi) is 5.33. The van der Waals surface area contributed by atoms with Crippen molar-refractivity contribution >= 4 is 16.8 Å². The van der Waals surface area contributed by atoms with Gasteiger partial charge in [0.2, 0.25) is 0 Å². The lowest BCUT2D eigenvalue weighted by atomic mass is 10.2. The standard InChI is InChI=1S/C20H23N3O2/c1-3-11-23-17-8-5-9-19(25-4-2)16(17)12-18(23)20(24)22-14-15-7-6-10-21-13-15/h5-10,12-13H,3-4,11,14H2,1-2H3,(H,22,24). The van der Waals surface area contributed by atoms with E-state index in [1.54, 1.807) is 12.4 Å². The molecule has 130 valence electrons. The minimum Gasteiger partial charge on any atom is -0.493 e. The highest BCUT2D eigenvalue weighted by Gasteiger charge is 2.17. The van der Waals surface area contributed by atoms with Gasteiger partial charge in [-0.3, -0.25) is 9.78 Å². The smallest absolute Gasteiger partial charge is 0.268 e. The fourth-order valence-electron chi connectivity index (χ4n) is 2.97.